The molecule has 1 atom stereocenters. The number of hydrogen-bond acceptors (Lipinski definition) is 4. The van der Waals surface area contributed by atoms with Crippen LogP contribution in [0.15, 0.2) is 36.5 Å². The van der Waals surface area contributed by atoms with Crippen molar-refractivity contribution in [3.8, 4) is 0 Å². The molecule has 0 radical (unpaired) electrons. The summed E-state index contributed by atoms with van der Waals surface area (Å²) in [5.74, 6) is 0. The smallest absolute Gasteiger partial charge is 0.394 e. The van der Waals surface area contributed by atoms with Gasteiger partial charge >= 0.3 is 12.2 Å². The Labute approximate surface area is 184 Å². The molecule has 2 heterocycles. The number of hydrogen-bond donors (Lipinski definition) is 3. The quantitative estimate of drug-likeness (QED) is 0.646. The lowest BCUT2D eigenvalue weighted by molar-refractivity contribution is -0.138. The summed E-state index contributed by atoms with van der Waals surface area (Å²) in [5.41, 5.74) is 3.24. The molecule has 32 heavy (non-hydrogen) atoms. The fourth-order valence-electron chi connectivity index (χ4n) is 3.75. The fourth-order valence-corrected chi connectivity index (χ4v) is 3.75. The molecule has 1 aliphatic heterocycles. The van der Waals surface area contributed by atoms with Crippen LogP contribution in [0.25, 0.3) is 5.57 Å². The first kappa shape index (κ1) is 23.7. The molecule has 9 heteroatoms. The summed E-state index contributed by atoms with van der Waals surface area (Å²) in [6.07, 6.45) is -0.750. The highest BCUT2D eigenvalue weighted by molar-refractivity contribution is 5.90. The van der Waals surface area contributed by atoms with Gasteiger partial charge in [0.2, 0.25) is 0 Å². The van der Waals surface area contributed by atoms with E-state index >= 15 is 0 Å². The summed E-state index contributed by atoms with van der Waals surface area (Å²) >= 11 is 0. The maximum absolute atomic E-state index is 12.9. The van der Waals surface area contributed by atoms with Gasteiger partial charge in [-0.15, -0.1) is 0 Å². The zero-order chi connectivity index (χ0) is 23.5. The van der Waals surface area contributed by atoms with E-state index < -0.39 is 17.8 Å². The summed E-state index contributed by atoms with van der Waals surface area (Å²) in [6.45, 7) is 3.77. The lowest BCUT2D eigenvalue weighted by Gasteiger charge is -2.27. The molecule has 2 aromatic rings. The monoisotopic (exact) mass is 449 g/mol. The van der Waals surface area contributed by atoms with Crippen molar-refractivity contribution in [3.05, 3.63) is 64.5 Å². The number of aliphatic hydroxyl groups is 2. The van der Waals surface area contributed by atoms with Crippen molar-refractivity contribution < 1.29 is 28.2 Å². The Kier molecular flexibility index (Phi) is 7.20. The molecule has 2 amide bonds. The Balaban J connectivity index is 1.64. The van der Waals surface area contributed by atoms with Crippen molar-refractivity contribution in [1.29, 1.82) is 0 Å². The van der Waals surface area contributed by atoms with Crippen LogP contribution in [0.5, 0.6) is 0 Å². The molecular formula is C23H26F3N3O3. The van der Waals surface area contributed by atoms with Crippen LogP contribution in [0, 0.1) is 13.8 Å². The normalized spacial score (nSPS) is 15.3. The van der Waals surface area contributed by atoms with Crippen LogP contribution in [-0.2, 0) is 12.6 Å². The number of aryl methyl sites for hydroxylation is 2. The van der Waals surface area contributed by atoms with E-state index in [1.54, 1.807) is 11.1 Å². The largest absolute Gasteiger partial charge is 0.416 e. The second kappa shape index (κ2) is 9.70. The van der Waals surface area contributed by atoms with E-state index in [0.29, 0.717) is 31.6 Å². The number of anilines is 1. The van der Waals surface area contributed by atoms with Crippen molar-refractivity contribution in [3.63, 3.8) is 0 Å². The third-order valence-electron chi connectivity index (χ3n) is 5.40. The molecule has 0 aliphatic carbocycles. The number of alkyl halides is 3. The molecule has 0 saturated carbocycles. The van der Waals surface area contributed by atoms with Crippen LogP contribution in [-0.4, -0.2) is 51.9 Å². The highest BCUT2D eigenvalue weighted by atomic mass is 19.4. The van der Waals surface area contributed by atoms with E-state index in [-0.39, 0.29) is 18.2 Å². The molecule has 6 nitrogen and oxygen atoms in total. The van der Waals surface area contributed by atoms with E-state index in [2.05, 4.69) is 10.3 Å². The highest BCUT2D eigenvalue weighted by Crippen LogP contribution is 2.33. The molecule has 0 bridgehead atoms. The average molecular weight is 449 g/mol. The third kappa shape index (κ3) is 5.66. The standard InChI is InChI=1S/C23H26F3N3O3/c1-14-10-18(3-4-20(14)23(24,25)26)28-22(32)29-7-5-17(6-8-29)21-15(2)9-16(12-27-21)11-19(31)13-30/h3-5,9-10,12,19,30-31H,6-8,11,13H2,1-2H3,(H,28,32). The number of aliphatic hydroxyl groups excluding tert-OH is 2. The van der Waals surface area contributed by atoms with Gasteiger partial charge in [0.15, 0.2) is 0 Å². The van der Waals surface area contributed by atoms with Gasteiger partial charge in [-0.1, -0.05) is 12.1 Å². The Hall–Kier alpha value is -2.91. The maximum atomic E-state index is 12.9. The second-order valence-corrected chi connectivity index (χ2v) is 7.93. The van der Waals surface area contributed by atoms with E-state index in [4.69, 9.17) is 5.11 Å². The minimum absolute atomic E-state index is 0.0487. The summed E-state index contributed by atoms with van der Waals surface area (Å²) in [5, 5.41) is 21.2. The SMILES string of the molecule is Cc1cc(NC(=O)N2CC=C(c3ncc(CC(O)CO)cc3C)CC2)ccc1C(F)(F)F. The van der Waals surface area contributed by atoms with E-state index in [1.807, 2.05) is 19.1 Å². The predicted molar refractivity (Wildman–Crippen MR) is 115 cm³/mol. The minimum Gasteiger partial charge on any atom is -0.394 e. The van der Waals surface area contributed by atoms with Crippen LogP contribution in [0.1, 0.15) is 34.4 Å². The number of amides is 2. The summed E-state index contributed by atoms with van der Waals surface area (Å²) in [7, 11) is 0. The Bertz CT molecular complexity index is 1020. The van der Waals surface area contributed by atoms with Crippen LogP contribution >= 0.6 is 0 Å². The number of pyridine rings is 1. The van der Waals surface area contributed by atoms with Gasteiger partial charge in [0.05, 0.1) is 24.0 Å². The van der Waals surface area contributed by atoms with Gasteiger partial charge < -0.3 is 20.4 Å². The van der Waals surface area contributed by atoms with Crippen LogP contribution in [0.2, 0.25) is 0 Å². The number of benzene rings is 1. The van der Waals surface area contributed by atoms with Gasteiger partial charge in [-0.05, 0) is 60.7 Å². The molecule has 0 saturated heterocycles. The van der Waals surface area contributed by atoms with Crippen molar-refractivity contribution in [2.45, 2.75) is 39.0 Å². The molecule has 172 valence electrons. The second-order valence-electron chi connectivity index (χ2n) is 7.93. The van der Waals surface area contributed by atoms with E-state index in [0.717, 1.165) is 28.5 Å². The van der Waals surface area contributed by atoms with Crippen molar-refractivity contribution in [1.82, 2.24) is 9.88 Å². The number of rotatable bonds is 5. The molecule has 1 aromatic carbocycles. The number of nitrogens with one attached hydrogen (secondary N) is 1. The van der Waals surface area contributed by atoms with Crippen LogP contribution < -0.4 is 5.32 Å². The van der Waals surface area contributed by atoms with Crippen LogP contribution in [0.3, 0.4) is 0 Å². The van der Waals surface area contributed by atoms with Gasteiger partial charge in [-0.2, -0.15) is 13.2 Å². The molecule has 1 unspecified atom stereocenters. The van der Waals surface area contributed by atoms with Crippen molar-refractivity contribution >= 4 is 17.3 Å². The first-order valence-corrected chi connectivity index (χ1v) is 10.3. The first-order chi connectivity index (χ1) is 15.1. The zero-order valence-corrected chi connectivity index (χ0v) is 17.9. The Morgan fingerprint density at radius 2 is 2.00 bits per heavy atom. The van der Waals surface area contributed by atoms with Gasteiger partial charge in [0, 0.05) is 31.4 Å². The average Bonchev–Trinajstić information content (AvgIpc) is 2.73. The topological polar surface area (TPSA) is 85.7 Å². The zero-order valence-electron chi connectivity index (χ0n) is 17.9. The van der Waals surface area contributed by atoms with Gasteiger partial charge in [0.1, 0.15) is 0 Å². The lowest BCUT2D eigenvalue weighted by atomic mass is 9.99. The van der Waals surface area contributed by atoms with E-state index in [9.17, 15) is 23.1 Å². The Morgan fingerprint density at radius 1 is 1.25 bits per heavy atom. The van der Waals surface area contributed by atoms with Crippen LogP contribution in [0.4, 0.5) is 23.7 Å². The summed E-state index contributed by atoms with van der Waals surface area (Å²) in [6, 6.07) is 5.08. The fraction of sp³-hybridized carbons (Fsp3) is 0.391. The molecule has 0 fully saturated rings. The molecular weight excluding hydrogens is 423 g/mol. The first-order valence-electron chi connectivity index (χ1n) is 10.3. The van der Waals surface area contributed by atoms with Gasteiger partial charge in [0.25, 0.3) is 0 Å². The molecule has 1 aliphatic rings. The Morgan fingerprint density at radius 3 is 2.56 bits per heavy atom. The molecule has 3 rings (SSSR count). The van der Waals surface area contributed by atoms with Crippen molar-refractivity contribution in [2.24, 2.45) is 0 Å². The molecule has 0 spiro atoms. The number of carbonyl (C=O) groups excluding carboxylic acids is 1. The number of aromatic nitrogens is 1. The summed E-state index contributed by atoms with van der Waals surface area (Å²) < 4.78 is 38.7. The van der Waals surface area contributed by atoms with E-state index in [1.165, 1.54) is 19.1 Å². The number of carbonyl (C=O) groups is 1. The lowest BCUT2D eigenvalue weighted by Crippen LogP contribution is -2.38. The molecule has 3 N–H and O–H groups in total. The van der Waals surface area contributed by atoms with Gasteiger partial charge in [-0.3, -0.25) is 4.98 Å². The predicted octanol–water partition coefficient (Wildman–Crippen LogP) is 3.93. The highest BCUT2D eigenvalue weighted by Gasteiger charge is 2.32. The number of nitrogens with zero attached hydrogens (tertiary/aromatic N) is 2. The third-order valence-corrected chi connectivity index (χ3v) is 5.40. The number of urea groups is 1. The maximum Gasteiger partial charge on any atom is 0.416 e. The van der Waals surface area contributed by atoms with Gasteiger partial charge in [-0.25, -0.2) is 4.79 Å². The summed E-state index contributed by atoms with van der Waals surface area (Å²) in [4.78, 5) is 18.6. The minimum atomic E-state index is -4.43. The number of halogens is 3. The van der Waals surface area contributed by atoms with Crippen molar-refractivity contribution in [2.75, 3.05) is 25.0 Å². The molecule has 1 aromatic heterocycles.